The molecular weight excluding hydrogens is 358 g/mol. The van der Waals surface area contributed by atoms with Gasteiger partial charge < -0.3 is 20.7 Å². The zero-order valence-electron chi connectivity index (χ0n) is 16.1. The number of benzene rings is 1. The highest BCUT2D eigenvalue weighted by atomic mass is 16.5. The molecule has 0 unspecified atom stereocenters. The first-order valence-corrected chi connectivity index (χ1v) is 9.64. The van der Waals surface area contributed by atoms with Crippen LogP contribution < -0.4 is 16.0 Å². The van der Waals surface area contributed by atoms with Gasteiger partial charge in [-0.15, -0.1) is 0 Å². The van der Waals surface area contributed by atoms with Crippen molar-refractivity contribution in [2.24, 2.45) is 0 Å². The van der Waals surface area contributed by atoms with Crippen molar-refractivity contribution < 1.29 is 14.3 Å². The van der Waals surface area contributed by atoms with Crippen molar-refractivity contribution in [3.05, 3.63) is 47.8 Å². The van der Waals surface area contributed by atoms with Crippen LogP contribution in [-0.2, 0) is 11.3 Å². The average Bonchev–Trinajstić information content (AvgIpc) is 3.35. The molecule has 2 aromatic rings. The fraction of sp³-hybridized carbons (Fsp3) is 0.450. The van der Waals surface area contributed by atoms with Crippen LogP contribution in [0.15, 0.2) is 36.7 Å². The summed E-state index contributed by atoms with van der Waals surface area (Å²) in [4.78, 5) is 24.1. The molecule has 1 atom stereocenters. The molecule has 0 radical (unpaired) electrons. The summed E-state index contributed by atoms with van der Waals surface area (Å²) in [5.41, 5.74) is 2.31. The van der Waals surface area contributed by atoms with Crippen molar-refractivity contribution >= 4 is 17.6 Å². The van der Waals surface area contributed by atoms with Gasteiger partial charge in [-0.3, -0.25) is 9.48 Å². The maximum absolute atomic E-state index is 12.2. The number of amides is 3. The van der Waals surface area contributed by atoms with Gasteiger partial charge in [0.25, 0.3) is 5.91 Å². The molecule has 3 amide bonds. The van der Waals surface area contributed by atoms with Crippen LogP contribution in [0.5, 0.6) is 0 Å². The highest BCUT2D eigenvalue weighted by molar-refractivity contribution is 5.95. The van der Waals surface area contributed by atoms with E-state index in [0.717, 1.165) is 38.0 Å². The van der Waals surface area contributed by atoms with Gasteiger partial charge in [0.2, 0.25) is 0 Å². The second kappa shape index (κ2) is 9.89. The molecule has 3 N–H and O–H groups in total. The van der Waals surface area contributed by atoms with Gasteiger partial charge in [0, 0.05) is 43.7 Å². The number of ether oxygens (including phenoxy) is 1. The maximum Gasteiger partial charge on any atom is 0.319 e. The quantitative estimate of drug-likeness (QED) is 0.608. The molecule has 8 heteroatoms. The number of rotatable bonds is 8. The largest absolute Gasteiger partial charge is 0.376 e. The number of nitrogens with zero attached hydrogens (tertiary/aromatic N) is 2. The molecule has 1 aliphatic heterocycles. The Morgan fingerprint density at radius 2 is 2.07 bits per heavy atom. The van der Waals surface area contributed by atoms with Crippen LogP contribution in [0.2, 0.25) is 0 Å². The number of urea groups is 1. The van der Waals surface area contributed by atoms with E-state index in [9.17, 15) is 9.59 Å². The summed E-state index contributed by atoms with van der Waals surface area (Å²) in [6.07, 6.45) is 6.72. The summed E-state index contributed by atoms with van der Waals surface area (Å²) in [5.74, 6) is -0.139. The maximum atomic E-state index is 12.2. The molecule has 1 saturated heterocycles. The Labute approximate surface area is 164 Å². The topological polar surface area (TPSA) is 97.3 Å². The van der Waals surface area contributed by atoms with Crippen LogP contribution in [0.4, 0.5) is 10.5 Å². The number of aromatic nitrogens is 2. The summed E-state index contributed by atoms with van der Waals surface area (Å²) in [7, 11) is 0. The molecule has 0 spiro atoms. The van der Waals surface area contributed by atoms with Gasteiger partial charge in [-0.1, -0.05) is 0 Å². The zero-order valence-corrected chi connectivity index (χ0v) is 16.1. The first kappa shape index (κ1) is 19.9. The van der Waals surface area contributed by atoms with Crippen LogP contribution in [0.1, 0.15) is 35.2 Å². The van der Waals surface area contributed by atoms with Gasteiger partial charge in [-0.25, -0.2) is 4.79 Å². The third kappa shape index (κ3) is 6.09. The van der Waals surface area contributed by atoms with Gasteiger partial charge in [0.05, 0.1) is 12.3 Å². The number of carbonyl (C=O) groups is 2. The predicted molar refractivity (Wildman–Crippen MR) is 106 cm³/mol. The van der Waals surface area contributed by atoms with Crippen LogP contribution in [0, 0.1) is 6.92 Å². The SMILES string of the molecule is Cc1cnn(CCCNC(=O)Nc2ccc(C(=O)NC[C@H]3CCCO3)cc2)c1. The summed E-state index contributed by atoms with van der Waals surface area (Å²) >= 11 is 0. The van der Waals surface area contributed by atoms with E-state index in [4.69, 9.17) is 4.74 Å². The lowest BCUT2D eigenvalue weighted by atomic mass is 10.2. The third-order valence-electron chi connectivity index (χ3n) is 4.53. The smallest absolute Gasteiger partial charge is 0.319 e. The molecule has 1 aliphatic rings. The molecule has 8 nitrogen and oxygen atoms in total. The Balaban J connectivity index is 1.35. The second-order valence-corrected chi connectivity index (χ2v) is 6.94. The van der Waals surface area contributed by atoms with Crippen molar-refractivity contribution in [1.82, 2.24) is 20.4 Å². The van der Waals surface area contributed by atoms with Gasteiger partial charge in [-0.2, -0.15) is 5.10 Å². The number of hydrogen-bond donors (Lipinski definition) is 3. The zero-order chi connectivity index (χ0) is 19.8. The monoisotopic (exact) mass is 385 g/mol. The molecule has 1 fully saturated rings. The van der Waals surface area contributed by atoms with E-state index < -0.39 is 0 Å². The number of hydrogen-bond acceptors (Lipinski definition) is 4. The van der Waals surface area contributed by atoms with Crippen LogP contribution in [0.25, 0.3) is 0 Å². The van der Waals surface area contributed by atoms with Gasteiger partial charge in [-0.05, 0) is 56.0 Å². The Kier molecular flexibility index (Phi) is 7.02. The van der Waals surface area contributed by atoms with Gasteiger partial charge >= 0.3 is 6.03 Å². The van der Waals surface area contributed by atoms with E-state index >= 15 is 0 Å². The van der Waals surface area contributed by atoms with E-state index in [0.29, 0.717) is 24.3 Å². The molecule has 3 rings (SSSR count). The van der Waals surface area contributed by atoms with E-state index in [1.54, 1.807) is 24.3 Å². The summed E-state index contributed by atoms with van der Waals surface area (Å²) < 4.78 is 7.35. The van der Waals surface area contributed by atoms with Crippen molar-refractivity contribution in [3.8, 4) is 0 Å². The van der Waals surface area contributed by atoms with Crippen LogP contribution in [0.3, 0.4) is 0 Å². The first-order chi connectivity index (χ1) is 13.6. The van der Waals surface area contributed by atoms with Crippen molar-refractivity contribution in [1.29, 1.82) is 0 Å². The van der Waals surface area contributed by atoms with Gasteiger partial charge in [0.15, 0.2) is 0 Å². The molecule has 0 bridgehead atoms. The third-order valence-corrected chi connectivity index (χ3v) is 4.53. The Morgan fingerprint density at radius 3 is 2.75 bits per heavy atom. The molecular formula is C20H27N5O3. The van der Waals surface area contributed by atoms with Crippen molar-refractivity contribution in [2.45, 2.75) is 38.8 Å². The van der Waals surface area contributed by atoms with E-state index in [-0.39, 0.29) is 18.0 Å². The van der Waals surface area contributed by atoms with Crippen LogP contribution in [-0.4, -0.2) is 47.5 Å². The normalized spacial score (nSPS) is 16.0. The summed E-state index contributed by atoms with van der Waals surface area (Å²) in [6, 6.07) is 6.55. The highest BCUT2D eigenvalue weighted by Crippen LogP contribution is 2.12. The first-order valence-electron chi connectivity index (χ1n) is 9.64. The van der Waals surface area contributed by atoms with E-state index in [1.165, 1.54) is 0 Å². The predicted octanol–water partition coefficient (Wildman–Crippen LogP) is 2.31. The van der Waals surface area contributed by atoms with Crippen LogP contribution >= 0.6 is 0 Å². The number of aryl methyl sites for hydroxylation is 2. The minimum absolute atomic E-state index is 0.117. The Bertz CT molecular complexity index is 781. The Hall–Kier alpha value is -2.87. The van der Waals surface area contributed by atoms with E-state index in [1.807, 2.05) is 24.0 Å². The fourth-order valence-electron chi connectivity index (χ4n) is 3.03. The Morgan fingerprint density at radius 1 is 1.25 bits per heavy atom. The lowest BCUT2D eigenvalue weighted by Crippen LogP contribution is -2.32. The van der Waals surface area contributed by atoms with Crippen molar-refractivity contribution in [3.63, 3.8) is 0 Å². The molecule has 150 valence electrons. The lowest BCUT2D eigenvalue weighted by molar-refractivity contribution is 0.0858. The number of carbonyl (C=O) groups excluding carboxylic acids is 2. The second-order valence-electron chi connectivity index (χ2n) is 6.94. The minimum atomic E-state index is -0.271. The molecule has 1 aromatic carbocycles. The van der Waals surface area contributed by atoms with Gasteiger partial charge in [0.1, 0.15) is 0 Å². The summed E-state index contributed by atoms with van der Waals surface area (Å²) in [5, 5.41) is 12.7. The standard InChI is InChI=1S/C20H27N5O3/c1-15-12-23-25(14-15)10-3-9-21-20(27)24-17-7-5-16(6-8-17)19(26)22-13-18-4-2-11-28-18/h5-8,12,14,18H,2-4,9-11,13H2,1H3,(H,22,26)(H2,21,24,27)/t18-/m1/s1. The summed E-state index contributed by atoms with van der Waals surface area (Å²) in [6.45, 7) is 4.59. The molecule has 2 heterocycles. The molecule has 1 aromatic heterocycles. The van der Waals surface area contributed by atoms with Crippen molar-refractivity contribution in [2.75, 3.05) is 25.0 Å². The van der Waals surface area contributed by atoms with E-state index in [2.05, 4.69) is 21.0 Å². The lowest BCUT2D eigenvalue weighted by Gasteiger charge is -2.11. The number of nitrogens with one attached hydrogen (secondary N) is 3. The average molecular weight is 385 g/mol. The fourth-order valence-corrected chi connectivity index (χ4v) is 3.03. The molecule has 0 aliphatic carbocycles. The minimum Gasteiger partial charge on any atom is -0.376 e. The molecule has 0 saturated carbocycles. The highest BCUT2D eigenvalue weighted by Gasteiger charge is 2.16. The number of anilines is 1. The molecule has 28 heavy (non-hydrogen) atoms.